The number of nitriles is 1. The lowest BCUT2D eigenvalue weighted by atomic mass is 9.97. The van der Waals surface area contributed by atoms with Crippen LogP contribution in [0.5, 0.6) is 0 Å². The quantitative estimate of drug-likeness (QED) is 0.291. The minimum Gasteiger partial charge on any atom is -0.466 e. The van der Waals surface area contributed by atoms with E-state index in [1.54, 1.807) is 18.0 Å². The fraction of sp³-hybridized carbons (Fsp3) is 0.684. The first-order valence-electron chi connectivity index (χ1n) is 9.63. The summed E-state index contributed by atoms with van der Waals surface area (Å²) >= 11 is 0. The Hall–Kier alpha value is -2.56. The molecule has 0 saturated carbocycles. The molecule has 2 fully saturated rings. The maximum absolute atomic E-state index is 12.2. The molecule has 2 saturated heterocycles. The summed E-state index contributed by atoms with van der Waals surface area (Å²) in [5.41, 5.74) is 0.0573. The van der Waals surface area contributed by atoms with Crippen molar-refractivity contribution in [3.05, 3.63) is 11.8 Å². The zero-order valence-corrected chi connectivity index (χ0v) is 15.9. The summed E-state index contributed by atoms with van der Waals surface area (Å²) in [4.78, 5) is 39.2. The van der Waals surface area contributed by atoms with Crippen LogP contribution in [0.1, 0.15) is 39.0 Å². The lowest BCUT2D eigenvalue weighted by Crippen LogP contribution is -2.35. The van der Waals surface area contributed by atoms with Gasteiger partial charge < -0.3 is 19.9 Å². The van der Waals surface area contributed by atoms with Gasteiger partial charge in [0.15, 0.2) is 0 Å². The van der Waals surface area contributed by atoms with Gasteiger partial charge in [0.25, 0.3) is 5.91 Å². The largest absolute Gasteiger partial charge is 0.466 e. The first-order valence-corrected chi connectivity index (χ1v) is 9.63. The van der Waals surface area contributed by atoms with E-state index >= 15 is 0 Å². The summed E-state index contributed by atoms with van der Waals surface area (Å²) in [7, 11) is 0. The first-order chi connectivity index (χ1) is 13.0. The number of carbonyl (C=O) groups excluding carboxylic acids is 3. The van der Waals surface area contributed by atoms with Crippen molar-refractivity contribution in [3.8, 4) is 6.07 Å². The van der Waals surface area contributed by atoms with Crippen LogP contribution >= 0.6 is 0 Å². The Morgan fingerprint density at radius 1 is 1.33 bits per heavy atom. The number of amides is 2. The molecule has 148 valence electrons. The van der Waals surface area contributed by atoms with Gasteiger partial charge in [-0.05, 0) is 32.6 Å². The number of hydrogen-bond donors (Lipinski definition) is 1. The highest BCUT2D eigenvalue weighted by Crippen LogP contribution is 2.19. The topological polar surface area (TPSA) is 103 Å². The molecule has 2 aliphatic rings. The van der Waals surface area contributed by atoms with E-state index in [0.29, 0.717) is 58.5 Å². The molecule has 0 aromatic rings. The van der Waals surface area contributed by atoms with Crippen LogP contribution in [-0.2, 0) is 19.1 Å². The lowest BCUT2D eigenvalue weighted by molar-refractivity contribution is -0.149. The number of likely N-dealkylation sites (tertiary alicyclic amines) is 2. The molecule has 2 amide bonds. The van der Waals surface area contributed by atoms with Gasteiger partial charge >= 0.3 is 5.97 Å². The molecule has 27 heavy (non-hydrogen) atoms. The summed E-state index contributed by atoms with van der Waals surface area (Å²) < 4.78 is 5.04. The molecule has 0 unspecified atom stereocenters. The van der Waals surface area contributed by atoms with E-state index in [1.807, 2.05) is 11.0 Å². The average Bonchev–Trinajstić information content (AvgIpc) is 3.08. The normalized spacial score (nSPS) is 18.4. The Morgan fingerprint density at radius 3 is 2.67 bits per heavy atom. The van der Waals surface area contributed by atoms with Crippen molar-refractivity contribution in [2.45, 2.75) is 39.0 Å². The average molecular weight is 376 g/mol. The molecule has 0 spiro atoms. The second-order valence-electron chi connectivity index (χ2n) is 6.81. The van der Waals surface area contributed by atoms with Gasteiger partial charge in [-0.3, -0.25) is 14.4 Å². The van der Waals surface area contributed by atoms with Gasteiger partial charge in [-0.2, -0.15) is 5.26 Å². The van der Waals surface area contributed by atoms with Gasteiger partial charge in [-0.25, -0.2) is 0 Å². The van der Waals surface area contributed by atoms with Gasteiger partial charge in [0, 0.05) is 45.3 Å². The zero-order valence-electron chi connectivity index (χ0n) is 15.9. The fourth-order valence-electron chi connectivity index (χ4n) is 3.35. The zero-order chi connectivity index (χ0) is 19.6. The predicted octanol–water partition coefficient (Wildman–Crippen LogP) is 0.798. The van der Waals surface area contributed by atoms with E-state index in [2.05, 4.69) is 5.32 Å². The van der Waals surface area contributed by atoms with Crippen LogP contribution < -0.4 is 5.32 Å². The Kier molecular flexibility index (Phi) is 8.11. The summed E-state index contributed by atoms with van der Waals surface area (Å²) in [5.74, 6) is -0.513. The summed E-state index contributed by atoms with van der Waals surface area (Å²) in [6.07, 6.45) is 5.06. The highest BCUT2D eigenvalue weighted by molar-refractivity contribution is 5.97. The number of rotatable bonds is 8. The van der Waals surface area contributed by atoms with Crippen LogP contribution in [0, 0.1) is 17.2 Å². The van der Waals surface area contributed by atoms with Gasteiger partial charge in [0.05, 0.1) is 12.5 Å². The monoisotopic (exact) mass is 376 g/mol. The minimum absolute atomic E-state index is 0.0573. The van der Waals surface area contributed by atoms with Crippen molar-refractivity contribution >= 4 is 17.8 Å². The Morgan fingerprint density at radius 2 is 2.07 bits per heavy atom. The summed E-state index contributed by atoms with van der Waals surface area (Å²) in [5, 5.41) is 12.0. The molecule has 8 nitrogen and oxygen atoms in total. The molecule has 0 aromatic carbocycles. The fourth-order valence-corrected chi connectivity index (χ4v) is 3.35. The summed E-state index contributed by atoms with van der Waals surface area (Å²) in [6, 6.07) is 1.94. The predicted molar refractivity (Wildman–Crippen MR) is 98.1 cm³/mol. The maximum Gasteiger partial charge on any atom is 0.309 e. The highest BCUT2D eigenvalue weighted by atomic mass is 16.5. The molecule has 2 rings (SSSR count). The van der Waals surface area contributed by atoms with Crippen molar-refractivity contribution in [1.29, 1.82) is 5.26 Å². The third-order valence-corrected chi connectivity index (χ3v) is 4.89. The summed E-state index contributed by atoms with van der Waals surface area (Å²) in [6.45, 7) is 5.23. The van der Waals surface area contributed by atoms with Gasteiger partial charge in [0.2, 0.25) is 5.91 Å². The van der Waals surface area contributed by atoms with Crippen LogP contribution in [0.4, 0.5) is 0 Å². The molecular weight excluding hydrogens is 348 g/mol. The van der Waals surface area contributed by atoms with E-state index in [9.17, 15) is 19.6 Å². The Bertz CT molecular complexity index is 618. The Labute approximate surface area is 160 Å². The minimum atomic E-state index is -0.405. The molecule has 0 radical (unpaired) electrons. The molecule has 1 N–H and O–H groups in total. The van der Waals surface area contributed by atoms with Crippen LogP contribution in [-0.4, -0.2) is 66.9 Å². The van der Waals surface area contributed by atoms with Crippen molar-refractivity contribution in [2.75, 3.05) is 39.3 Å². The lowest BCUT2D eigenvalue weighted by Gasteiger charge is -2.30. The number of ether oxygens (including phenoxy) is 1. The van der Waals surface area contributed by atoms with Gasteiger partial charge in [-0.1, -0.05) is 0 Å². The van der Waals surface area contributed by atoms with E-state index in [1.165, 1.54) is 0 Å². The molecule has 2 aliphatic heterocycles. The SMILES string of the molecule is CCOC(=O)C1CCN(/C=C(/C#N)C(=O)NCCCN2CCCC2=O)CC1. The Balaban J connectivity index is 1.73. The van der Waals surface area contributed by atoms with Gasteiger partial charge in [-0.15, -0.1) is 0 Å². The van der Waals surface area contributed by atoms with E-state index in [4.69, 9.17) is 4.74 Å². The standard InChI is InChI=1S/C19H28N4O4/c1-2-27-19(26)15-6-11-22(12-7-15)14-16(13-20)18(25)21-8-4-10-23-9-3-5-17(23)24/h14-15H,2-12H2,1H3,(H,21,25)/b16-14-. The second-order valence-corrected chi connectivity index (χ2v) is 6.81. The molecule has 0 aromatic heterocycles. The van der Waals surface area contributed by atoms with E-state index in [0.717, 1.165) is 13.0 Å². The highest BCUT2D eigenvalue weighted by Gasteiger charge is 2.25. The number of nitrogens with zero attached hydrogens (tertiary/aromatic N) is 3. The van der Waals surface area contributed by atoms with E-state index in [-0.39, 0.29) is 23.4 Å². The van der Waals surface area contributed by atoms with Crippen LogP contribution in [0.25, 0.3) is 0 Å². The van der Waals surface area contributed by atoms with Gasteiger partial charge in [0.1, 0.15) is 11.6 Å². The first kappa shape index (κ1) is 20.7. The second kappa shape index (κ2) is 10.6. The van der Waals surface area contributed by atoms with E-state index < -0.39 is 5.91 Å². The molecule has 0 aliphatic carbocycles. The van der Waals surface area contributed by atoms with Crippen molar-refractivity contribution in [1.82, 2.24) is 15.1 Å². The molecule has 0 atom stereocenters. The molecule has 8 heteroatoms. The van der Waals surface area contributed by atoms with Crippen LogP contribution in [0.15, 0.2) is 11.8 Å². The smallest absolute Gasteiger partial charge is 0.309 e. The maximum atomic E-state index is 12.2. The number of carbonyl (C=O) groups is 3. The molecular formula is C19H28N4O4. The van der Waals surface area contributed by atoms with Crippen LogP contribution in [0.3, 0.4) is 0 Å². The number of nitrogens with one attached hydrogen (secondary N) is 1. The number of piperidine rings is 1. The number of esters is 1. The third-order valence-electron chi connectivity index (χ3n) is 4.89. The van der Waals surface area contributed by atoms with Crippen molar-refractivity contribution < 1.29 is 19.1 Å². The van der Waals surface area contributed by atoms with Crippen LogP contribution in [0.2, 0.25) is 0 Å². The number of hydrogen-bond acceptors (Lipinski definition) is 6. The molecule has 0 bridgehead atoms. The van der Waals surface area contributed by atoms with Crippen molar-refractivity contribution in [2.24, 2.45) is 5.92 Å². The molecule has 2 heterocycles. The third kappa shape index (κ3) is 6.27. The van der Waals surface area contributed by atoms with Crippen molar-refractivity contribution in [3.63, 3.8) is 0 Å².